The predicted molar refractivity (Wildman–Crippen MR) is 177 cm³/mol. The van der Waals surface area contributed by atoms with Crippen molar-refractivity contribution in [3.8, 4) is 16.9 Å². The molecule has 1 aliphatic heterocycles. The SMILES string of the molecule is CCC(=Cc1sc2cc(C)c(C)cc2[n+]1CCCSO)C=C1Oc2ccc(-c3ccccc3)cc2N1CCCSO. The Kier molecular flexibility index (Phi) is 10.1. The molecule has 0 aliphatic carbocycles. The zero-order chi connectivity index (χ0) is 28.8. The van der Waals surface area contributed by atoms with Crippen molar-refractivity contribution in [2.45, 2.75) is 46.6 Å². The first-order valence-corrected chi connectivity index (χ1v) is 16.8. The highest BCUT2D eigenvalue weighted by Gasteiger charge is 2.27. The van der Waals surface area contributed by atoms with E-state index in [1.807, 2.05) is 17.4 Å². The van der Waals surface area contributed by atoms with Crippen molar-refractivity contribution in [2.24, 2.45) is 0 Å². The van der Waals surface area contributed by atoms with E-state index in [4.69, 9.17) is 4.74 Å². The molecule has 1 aliphatic rings. The zero-order valence-electron chi connectivity index (χ0n) is 23.8. The summed E-state index contributed by atoms with van der Waals surface area (Å²) in [6.45, 7) is 8.12. The molecular weight excluding hydrogens is 569 g/mol. The molecule has 0 bridgehead atoms. The molecule has 0 atom stereocenters. The van der Waals surface area contributed by atoms with Crippen LogP contribution < -0.4 is 14.2 Å². The molecule has 0 fully saturated rings. The molecule has 2 N–H and O–H groups in total. The van der Waals surface area contributed by atoms with Crippen LogP contribution in [0.4, 0.5) is 5.69 Å². The minimum absolute atomic E-state index is 0.667. The molecular formula is C33H37N2O3S3+. The molecule has 3 aromatic carbocycles. The van der Waals surface area contributed by atoms with Crippen molar-refractivity contribution in [1.29, 1.82) is 0 Å². The third-order valence-electron chi connectivity index (χ3n) is 7.44. The number of aromatic nitrogens is 1. The Bertz CT molecular complexity index is 1560. The molecule has 214 valence electrons. The van der Waals surface area contributed by atoms with E-state index >= 15 is 0 Å². The summed E-state index contributed by atoms with van der Waals surface area (Å²) in [7, 11) is 0. The number of hydrogen-bond donors (Lipinski definition) is 2. The Morgan fingerprint density at radius 3 is 2.46 bits per heavy atom. The number of allylic oxidation sites excluding steroid dienone is 2. The van der Waals surface area contributed by atoms with E-state index in [0.29, 0.717) is 11.5 Å². The topological polar surface area (TPSA) is 56.8 Å². The summed E-state index contributed by atoms with van der Waals surface area (Å²) in [4.78, 5) is 2.24. The van der Waals surface area contributed by atoms with E-state index in [9.17, 15) is 9.11 Å². The maximum absolute atomic E-state index is 9.37. The fraction of sp³-hybridized carbons (Fsp3) is 0.303. The van der Waals surface area contributed by atoms with Gasteiger partial charge < -0.3 is 18.7 Å². The molecule has 0 saturated carbocycles. The molecule has 1 aromatic heterocycles. The third-order valence-corrected chi connectivity index (χ3v) is 9.48. The molecule has 5 rings (SSSR count). The van der Waals surface area contributed by atoms with E-state index in [1.165, 1.54) is 37.5 Å². The van der Waals surface area contributed by atoms with Gasteiger partial charge in [-0.1, -0.05) is 54.7 Å². The molecule has 0 saturated heterocycles. The highest BCUT2D eigenvalue weighted by molar-refractivity contribution is 7.93. The second-order valence-corrected chi connectivity index (χ2v) is 12.6. The van der Waals surface area contributed by atoms with Crippen LogP contribution in [0, 0.1) is 13.8 Å². The number of hydrogen-bond acceptors (Lipinski definition) is 7. The van der Waals surface area contributed by atoms with Gasteiger partial charge in [-0.25, -0.2) is 0 Å². The Morgan fingerprint density at radius 1 is 0.951 bits per heavy atom. The van der Waals surface area contributed by atoms with Crippen LogP contribution in [0.5, 0.6) is 5.75 Å². The molecule has 8 heteroatoms. The zero-order valence-corrected chi connectivity index (χ0v) is 26.2. The van der Waals surface area contributed by atoms with E-state index in [-0.39, 0.29) is 0 Å². The van der Waals surface area contributed by atoms with Crippen molar-refractivity contribution in [3.05, 3.63) is 94.3 Å². The number of thiazole rings is 1. The molecule has 41 heavy (non-hydrogen) atoms. The largest absolute Gasteiger partial charge is 0.439 e. The van der Waals surface area contributed by atoms with Crippen LogP contribution in [-0.4, -0.2) is 27.2 Å². The normalized spacial score (nSPS) is 14.2. The fourth-order valence-electron chi connectivity index (χ4n) is 5.08. The molecule has 0 unspecified atom stereocenters. The van der Waals surface area contributed by atoms with E-state index in [1.54, 1.807) is 0 Å². The van der Waals surface area contributed by atoms with Gasteiger partial charge in [-0.05, 0) is 96.8 Å². The minimum Gasteiger partial charge on any atom is -0.439 e. The maximum atomic E-state index is 9.37. The van der Waals surface area contributed by atoms with Crippen molar-refractivity contribution < 1.29 is 18.4 Å². The van der Waals surface area contributed by atoms with Gasteiger partial charge >= 0.3 is 0 Å². The van der Waals surface area contributed by atoms with Crippen molar-refractivity contribution in [2.75, 3.05) is 23.0 Å². The average molecular weight is 606 g/mol. The fourth-order valence-corrected chi connectivity index (χ4v) is 6.84. The van der Waals surface area contributed by atoms with Crippen LogP contribution in [0.2, 0.25) is 0 Å². The van der Waals surface area contributed by atoms with Gasteiger partial charge in [0.15, 0.2) is 12.3 Å². The highest BCUT2D eigenvalue weighted by atomic mass is 32.2. The van der Waals surface area contributed by atoms with Gasteiger partial charge in [0.1, 0.15) is 4.70 Å². The third kappa shape index (κ3) is 6.84. The van der Waals surface area contributed by atoms with E-state index in [0.717, 1.165) is 79.3 Å². The smallest absolute Gasteiger partial charge is 0.263 e. The summed E-state index contributed by atoms with van der Waals surface area (Å²) in [5.41, 5.74) is 8.40. The number of fused-ring (bicyclic) bond motifs is 2. The number of anilines is 1. The van der Waals surface area contributed by atoms with Gasteiger partial charge in [-0.3, -0.25) is 0 Å². The Morgan fingerprint density at radius 2 is 1.71 bits per heavy atom. The van der Waals surface area contributed by atoms with Crippen LogP contribution >= 0.6 is 35.4 Å². The second kappa shape index (κ2) is 13.9. The van der Waals surface area contributed by atoms with E-state index in [2.05, 4.69) is 97.0 Å². The minimum atomic E-state index is 0.667. The van der Waals surface area contributed by atoms with Crippen LogP contribution in [0.25, 0.3) is 27.4 Å². The molecule has 0 spiro atoms. The summed E-state index contributed by atoms with van der Waals surface area (Å²) >= 11 is 3.61. The van der Waals surface area contributed by atoms with Crippen LogP contribution in [0.1, 0.15) is 42.3 Å². The Balaban J connectivity index is 1.53. The monoisotopic (exact) mass is 605 g/mol. The first-order chi connectivity index (χ1) is 20.0. The average Bonchev–Trinajstić information content (AvgIpc) is 3.49. The molecule has 2 heterocycles. The quantitative estimate of drug-likeness (QED) is 0.0954. The second-order valence-electron chi connectivity index (χ2n) is 10.2. The summed E-state index contributed by atoms with van der Waals surface area (Å²) in [5, 5.41) is 1.20. The number of aryl methyl sites for hydroxylation is 3. The summed E-state index contributed by atoms with van der Waals surface area (Å²) in [6.07, 6.45) is 7.05. The standard InChI is InChI=1S/C33H36N2O3S3/c1-4-25(21-33-35(15-9-17-40-37)29-18-23(2)24(3)19-31(29)41-33)20-32-34(14-8-16-39-36)28-22-27(12-13-30(28)38-32)26-10-6-5-7-11-26/h5-7,10-13,18-22H,4,8-9,14-17H2,1-3H3,(H-,36,37)/p+1. The summed E-state index contributed by atoms with van der Waals surface area (Å²) in [6, 6.07) is 21.4. The number of rotatable bonds is 12. The van der Waals surface area contributed by atoms with Crippen LogP contribution in [-0.2, 0) is 6.54 Å². The lowest BCUT2D eigenvalue weighted by molar-refractivity contribution is -0.668. The van der Waals surface area contributed by atoms with Gasteiger partial charge in [0.2, 0.25) is 11.4 Å². The lowest BCUT2D eigenvalue weighted by Gasteiger charge is -2.19. The van der Waals surface area contributed by atoms with Gasteiger partial charge in [0.25, 0.3) is 5.01 Å². The summed E-state index contributed by atoms with van der Waals surface area (Å²) < 4.78 is 28.8. The molecule has 4 aromatic rings. The first kappa shape index (κ1) is 29.7. The lowest BCUT2D eigenvalue weighted by atomic mass is 10.0. The number of benzene rings is 3. The lowest BCUT2D eigenvalue weighted by Crippen LogP contribution is -2.35. The molecule has 5 nitrogen and oxygen atoms in total. The molecule has 0 amide bonds. The highest BCUT2D eigenvalue weighted by Crippen LogP contribution is 2.42. The number of ether oxygens (including phenoxy) is 1. The Hall–Kier alpha value is -2.75. The predicted octanol–water partition coefficient (Wildman–Crippen LogP) is 9.20. The Labute approximate surface area is 255 Å². The maximum Gasteiger partial charge on any atom is 0.263 e. The van der Waals surface area contributed by atoms with E-state index < -0.39 is 0 Å². The van der Waals surface area contributed by atoms with Gasteiger partial charge in [-0.15, -0.1) is 0 Å². The van der Waals surface area contributed by atoms with Gasteiger partial charge in [0, 0.05) is 42.7 Å². The van der Waals surface area contributed by atoms with Gasteiger partial charge in [-0.2, -0.15) is 4.57 Å². The van der Waals surface area contributed by atoms with Gasteiger partial charge in [0.05, 0.1) is 5.69 Å². The van der Waals surface area contributed by atoms with Crippen LogP contribution in [0.15, 0.2) is 78.2 Å². The summed E-state index contributed by atoms with van der Waals surface area (Å²) in [5.74, 6) is 3.05. The number of nitrogens with zero attached hydrogens (tertiary/aromatic N) is 2. The first-order valence-electron chi connectivity index (χ1n) is 14.1. The van der Waals surface area contributed by atoms with Crippen molar-refractivity contribution >= 4 is 57.4 Å². The van der Waals surface area contributed by atoms with Crippen molar-refractivity contribution in [1.82, 2.24) is 0 Å². The van der Waals surface area contributed by atoms with Crippen molar-refractivity contribution in [3.63, 3.8) is 0 Å². The van der Waals surface area contributed by atoms with Crippen LogP contribution in [0.3, 0.4) is 0 Å². The molecule has 0 radical (unpaired) electrons.